The average molecular weight is 414 g/mol. The molecule has 0 saturated heterocycles. The maximum Gasteiger partial charge on any atom is 0.314 e. The second kappa shape index (κ2) is 7.72. The van der Waals surface area contributed by atoms with Crippen molar-refractivity contribution in [2.24, 2.45) is 0 Å². The van der Waals surface area contributed by atoms with Crippen LogP contribution in [0.1, 0.15) is 23.8 Å². The van der Waals surface area contributed by atoms with Crippen LogP contribution >= 0.6 is 11.3 Å². The van der Waals surface area contributed by atoms with Gasteiger partial charge in [-0.25, -0.2) is 0 Å². The predicted octanol–water partition coefficient (Wildman–Crippen LogP) is 5.95. The van der Waals surface area contributed by atoms with E-state index in [4.69, 9.17) is 9.15 Å². The molecule has 1 atom stereocenters. The summed E-state index contributed by atoms with van der Waals surface area (Å²) in [6, 6.07) is 23.8. The number of esters is 1. The molecule has 0 aliphatic heterocycles. The summed E-state index contributed by atoms with van der Waals surface area (Å²) in [4.78, 5) is 12.5. The third-order valence-electron chi connectivity index (χ3n) is 4.91. The normalized spacial score (nSPS) is 12.3. The van der Waals surface area contributed by atoms with Crippen LogP contribution in [0.4, 0.5) is 0 Å². The molecule has 5 aromatic rings. The molecule has 0 aliphatic rings. The van der Waals surface area contributed by atoms with Crippen LogP contribution in [-0.2, 0) is 16.0 Å². The Morgan fingerprint density at radius 3 is 2.67 bits per heavy atom. The summed E-state index contributed by atoms with van der Waals surface area (Å²) in [5, 5.41) is 13.1. The lowest BCUT2D eigenvalue weighted by Crippen LogP contribution is -2.11. The molecule has 0 radical (unpaired) electrons. The van der Waals surface area contributed by atoms with Crippen molar-refractivity contribution < 1.29 is 13.9 Å². The Hall–Kier alpha value is -3.51. The Bertz CT molecular complexity index is 1340. The number of aromatic nitrogens is 2. The first-order chi connectivity index (χ1) is 14.7. The minimum Gasteiger partial charge on any atom is -0.460 e. The minimum atomic E-state index is -0.474. The van der Waals surface area contributed by atoms with E-state index in [2.05, 4.69) is 22.3 Å². The van der Waals surface area contributed by atoms with E-state index < -0.39 is 6.10 Å². The molecule has 148 valence electrons. The van der Waals surface area contributed by atoms with Crippen molar-refractivity contribution in [3.05, 3.63) is 83.6 Å². The number of rotatable bonds is 5. The summed E-state index contributed by atoms with van der Waals surface area (Å²) >= 11 is 1.42. The van der Waals surface area contributed by atoms with Gasteiger partial charge in [-0.2, -0.15) is 0 Å². The quantitative estimate of drug-likeness (QED) is 0.332. The van der Waals surface area contributed by atoms with Crippen LogP contribution in [0, 0.1) is 0 Å². The Kier molecular flexibility index (Phi) is 4.77. The number of furan rings is 1. The molecule has 0 fully saturated rings. The molecule has 3 aromatic carbocycles. The van der Waals surface area contributed by atoms with E-state index in [1.165, 1.54) is 11.3 Å². The first kappa shape index (κ1) is 18.5. The molecule has 1 unspecified atom stereocenters. The van der Waals surface area contributed by atoms with E-state index in [9.17, 15) is 4.79 Å². The first-order valence-corrected chi connectivity index (χ1v) is 10.5. The topological polar surface area (TPSA) is 65.2 Å². The van der Waals surface area contributed by atoms with Crippen molar-refractivity contribution in [1.82, 2.24) is 10.2 Å². The van der Waals surface area contributed by atoms with Crippen molar-refractivity contribution in [1.29, 1.82) is 0 Å². The van der Waals surface area contributed by atoms with E-state index >= 15 is 0 Å². The number of nitrogens with zero attached hydrogens (tertiary/aromatic N) is 2. The van der Waals surface area contributed by atoms with Gasteiger partial charge >= 0.3 is 5.97 Å². The van der Waals surface area contributed by atoms with Gasteiger partial charge < -0.3 is 9.15 Å². The molecule has 0 N–H and O–H groups in total. The SMILES string of the molecule is CC(OC(=O)Cc1cc2c(ccc3ccccc32)o1)c1nnc(-c2ccccc2)s1. The highest BCUT2D eigenvalue weighted by Crippen LogP contribution is 2.30. The molecule has 30 heavy (non-hydrogen) atoms. The van der Waals surface area contributed by atoms with Crippen LogP contribution < -0.4 is 0 Å². The summed E-state index contributed by atoms with van der Waals surface area (Å²) in [6.07, 6.45) is -0.407. The second-order valence-electron chi connectivity index (χ2n) is 7.03. The zero-order valence-electron chi connectivity index (χ0n) is 16.2. The van der Waals surface area contributed by atoms with Crippen LogP contribution in [0.5, 0.6) is 0 Å². The Morgan fingerprint density at radius 2 is 1.80 bits per heavy atom. The van der Waals surface area contributed by atoms with Gasteiger partial charge in [-0.15, -0.1) is 10.2 Å². The molecule has 2 heterocycles. The highest BCUT2D eigenvalue weighted by molar-refractivity contribution is 7.14. The summed E-state index contributed by atoms with van der Waals surface area (Å²) in [5.74, 6) is 0.225. The van der Waals surface area contributed by atoms with Crippen LogP contribution in [0.3, 0.4) is 0 Å². The molecule has 0 bridgehead atoms. The van der Waals surface area contributed by atoms with Crippen LogP contribution in [0.2, 0.25) is 0 Å². The monoisotopic (exact) mass is 414 g/mol. The predicted molar refractivity (Wildman–Crippen MR) is 117 cm³/mol. The average Bonchev–Trinajstić information content (AvgIpc) is 3.41. The van der Waals surface area contributed by atoms with Crippen molar-refractivity contribution in [3.63, 3.8) is 0 Å². The van der Waals surface area contributed by atoms with Gasteiger partial charge in [0.2, 0.25) is 0 Å². The minimum absolute atomic E-state index is 0.0672. The van der Waals surface area contributed by atoms with E-state index in [1.54, 1.807) is 6.92 Å². The molecule has 6 heteroatoms. The highest BCUT2D eigenvalue weighted by Gasteiger charge is 2.19. The molecular weight excluding hydrogens is 396 g/mol. The van der Waals surface area contributed by atoms with Crippen molar-refractivity contribution in [3.8, 4) is 10.6 Å². The zero-order valence-corrected chi connectivity index (χ0v) is 17.1. The molecule has 0 amide bonds. The van der Waals surface area contributed by atoms with E-state index in [-0.39, 0.29) is 12.4 Å². The zero-order chi connectivity index (χ0) is 20.5. The second-order valence-corrected chi connectivity index (χ2v) is 8.04. The van der Waals surface area contributed by atoms with Crippen molar-refractivity contribution in [2.75, 3.05) is 0 Å². The van der Waals surface area contributed by atoms with Gasteiger partial charge in [0.1, 0.15) is 22.8 Å². The molecule has 5 nitrogen and oxygen atoms in total. The third-order valence-corrected chi connectivity index (χ3v) is 6.05. The standard InChI is InChI=1S/C24H18N2O3S/c1-15(23-25-26-24(30-23)17-8-3-2-4-9-17)28-22(27)14-18-13-20-19-10-6-5-7-16(19)11-12-21(20)29-18/h2-13,15H,14H2,1H3. The number of hydrogen-bond donors (Lipinski definition) is 0. The van der Waals surface area contributed by atoms with Crippen LogP contribution in [-0.4, -0.2) is 16.2 Å². The fourth-order valence-corrected chi connectivity index (χ4v) is 4.29. The number of hydrogen-bond acceptors (Lipinski definition) is 6. The Labute approximate surface area is 176 Å². The lowest BCUT2D eigenvalue weighted by molar-refractivity contribution is -0.148. The highest BCUT2D eigenvalue weighted by atomic mass is 32.1. The molecule has 0 saturated carbocycles. The number of ether oxygens (including phenoxy) is 1. The van der Waals surface area contributed by atoms with Crippen LogP contribution in [0.15, 0.2) is 77.2 Å². The van der Waals surface area contributed by atoms with Crippen molar-refractivity contribution >= 4 is 39.0 Å². The van der Waals surface area contributed by atoms with E-state index in [1.807, 2.05) is 60.7 Å². The van der Waals surface area contributed by atoms with E-state index in [0.717, 1.165) is 32.3 Å². The summed E-state index contributed by atoms with van der Waals surface area (Å²) < 4.78 is 11.5. The molecule has 0 aliphatic carbocycles. The largest absolute Gasteiger partial charge is 0.460 e. The molecule has 2 aromatic heterocycles. The number of benzene rings is 3. The van der Waals surface area contributed by atoms with Gasteiger partial charge in [-0.05, 0) is 29.8 Å². The van der Waals surface area contributed by atoms with Gasteiger partial charge in [0, 0.05) is 10.9 Å². The number of carbonyl (C=O) groups is 1. The maximum absolute atomic E-state index is 12.5. The Balaban J connectivity index is 1.30. The molecular formula is C24H18N2O3S. The maximum atomic E-state index is 12.5. The van der Waals surface area contributed by atoms with E-state index in [0.29, 0.717) is 10.8 Å². The molecule has 0 spiro atoms. The van der Waals surface area contributed by atoms with Crippen LogP contribution in [0.25, 0.3) is 32.3 Å². The van der Waals surface area contributed by atoms with Crippen molar-refractivity contribution in [2.45, 2.75) is 19.4 Å². The fraction of sp³-hybridized carbons (Fsp3) is 0.125. The first-order valence-electron chi connectivity index (χ1n) is 9.66. The lowest BCUT2D eigenvalue weighted by Gasteiger charge is -2.09. The Morgan fingerprint density at radius 1 is 1.00 bits per heavy atom. The summed E-state index contributed by atoms with van der Waals surface area (Å²) in [7, 11) is 0. The summed E-state index contributed by atoms with van der Waals surface area (Å²) in [6.45, 7) is 1.80. The number of carbonyl (C=O) groups excluding carboxylic acids is 1. The van der Waals surface area contributed by atoms with Gasteiger partial charge in [0.25, 0.3) is 0 Å². The van der Waals surface area contributed by atoms with Gasteiger partial charge in [-0.1, -0.05) is 72.0 Å². The number of fused-ring (bicyclic) bond motifs is 3. The van der Waals surface area contributed by atoms with Gasteiger partial charge in [0.15, 0.2) is 11.1 Å². The van der Waals surface area contributed by atoms with Gasteiger partial charge in [-0.3, -0.25) is 4.79 Å². The smallest absolute Gasteiger partial charge is 0.314 e. The third kappa shape index (κ3) is 3.57. The summed E-state index contributed by atoms with van der Waals surface area (Å²) in [5.41, 5.74) is 1.76. The van der Waals surface area contributed by atoms with Gasteiger partial charge in [0.05, 0.1) is 0 Å². The fourth-order valence-electron chi connectivity index (χ4n) is 3.46. The lowest BCUT2D eigenvalue weighted by atomic mass is 10.1. The molecule has 5 rings (SSSR count).